The predicted molar refractivity (Wildman–Crippen MR) is 260 cm³/mol. The molecule has 6 rings (SSSR count). The van der Waals surface area contributed by atoms with E-state index >= 15 is 0 Å². The van der Waals surface area contributed by atoms with Gasteiger partial charge in [-0.3, -0.25) is 9.59 Å². The topological polar surface area (TPSA) is 226 Å². The summed E-state index contributed by atoms with van der Waals surface area (Å²) in [4.78, 5) is 53.6. The minimum absolute atomic E-state index is 0.282. The Morgan fingerprint density at radius 3 is 1.42 bits per heavy atom. The van der Waals surface area contributed by atoms with Crippen LogP contribution in [0.15, 0.2) is 132 Å². The summed E-state index contributed by atoms with van der Waals surface area (Å²) in [6.45, 7) is 8.86. The molecule has 0 heterocycles. The van der Waals surface area contributed by atoms with Crippen LogP contribution in [0.2, 0.25) is 15.1 Å². The third-order valence-corrected chi connectivity index (χ3v) is 10.8. The van der Waals surface area contributed by atoms with E-state index in [0.717, 1.165) is 27.3 Å². The lowest BCUT2D eigenvalue weighted by atomic mass is 10.2. The third kappa shape index (κ3) is 24.0. The van der Waals surface area contributed by atoms with Gasteiger partial charge in [-0.05, 0) is 119 Å². The van der Waals surface area contributed by atoms with Crippen LogP contribution in [0.4, 0.5) is 5.69 Å². The maximum Gasteiger partial charge on any atom is 0.348 e. The highest BCUT2D eigenvalue weighted by Crippen LogP contribution is 2.40. The van der Waals surface area contributed by atoms with E-state index in [4.69, 9.17) is 74.5 Å². The summed E-state index contributed by atoms with van der Waals surface area (Å²) in [5.41, 5.74) is 2.84. The standard InChI is InChI=1S/C11H12O3.C10H11ClO3.C10H12O3.C9H10ClNO2.C9H9ClO2S/c1-8-2-4-9(5-3-8)14-11(6-7-11)10(12)13;1-7(10(12)13)14-6-8-2-4-9(11)5-3-8;1-8(10(11)12)13-7-9-5-3-2-4-6-9;1-6(9(12)13)11-8-4-2-7(10)3-5-8;1-6(9(11)12)13-8-4-2-7(10)3-5-8/h2-5H,6-7H2,1H3,(H,12,13);2-5,7H,6H2,1H3,(H,12,13);2-6,8H,7H2,1H3,(H,11,12);2-6,11H,1H3,(H,12,13);2-6H,1H3,(H,11,12)/t;7-;;6-;/m.0.0./s1. The lowest BCUT2D eigenvalue weighted by Gasteiger charge is -2.13. The largest absolute Gasteiger partial charge is 0.480 e. The number of hydrogen-bond acceptors (Lipinski definition) is 10. The molecule has 1 fully saturated rings. The van der Waals surface area contributed by atoms with Crippen molar-refractivity contribution in [2.24, 2.45) is 0 Å². The normalized spacial score (nSPS) is 13.4. The molecule has 5 aromatic rings. The maximum atomic E-state index is 10.8. The summed E-state index contributed by atoms with van der Waals surface area (Å²) in [5.74, 6) is -3.81. The second-order valence-corrected chi connectivity index (χ2v) is 17.4. The molecule has 0 bridgehead atoms. The molecule has 0 aromatic heterocycles. The fraction of sp³-hybridized carbons (Fsp3) is 0.286. The van der Waals surface area contributed by atoms with Gasteiger partial charge < -0.3 is 45.1 Å². The lowest BCUT2D eigenvalue weighted by Crippen LogP contribution is -2.28. The van der Waals surface area contributed by atoms with Crippen molar-refractivity contribution in [3.05, 3.63) is 159 Å². The number of carboxylic acids is 5. The van der Waals surface area contributed by atoms with Gasteiger partial charge in [0.1, 0.15) is 17.0 Å². The van der Waals surface area contributed by atoms with Gasteiger partial charge in [-0.2, -0.15) is 0 Å². The first kappa shape index (κ1) is 57.3. The average Bonchev–Trinajstić information content (AvgIpc) is 4.09. The van der Waals surface area contributed by atoms with E-state index in [1.165, 1.54) is 25.6 Å². The zero-order valence-electron chi connectivity index (χ0n) is 37.3. The molecule has 0 aliphatic heterocycles. The van der Waals surface area contributed by atoms with Gasteiger partial charge in [0.2, 0.25) is 5.60 Å². The molecule has 0 radical (unpaired) electrons. The van der Waals surface area contributed by atoms with Crippen LogP contribution in [0.5, 0.6) is 5.75 Å². The van der Waals surface area contributed by atoms with Crippen molar-refractivity contribution in [2.45, 2.75) is 94.7 Å². The first-order valence-corrected chi connectivity index (χ1v) is 22.5. The highest BCUT2D eigenvalue weighted by atomic mass is 35.5. The fourth-order valence-electron chi connectivity index (χ4n) is 4.67. The molecule has 67 heavy (non-hydrogen) atoms. The molecular weight excluding hydrogens is 949 g/mol. The van der Waals surface area contributed by atoms with Gasteiger partial charge in [0.25, 0.3) is 0 Å². The molecule has 14 nitrogen and oxygen atoms in total. The fourth-order valence-corrected chi connectivity index (χ4v) is 5.85. The Hall–Kier alpha value is -5.81. The molecule has 0 spiro atoms. The van der Waals surface area contributed by atoms with E-state index in [-0.39, 0.29) is 6.61 Å². The summed E-state index contributed by atoms with van der Waals surface area (Å²) in [5, 5.41) is 47.6. The Morgan fingerprint density at radius 2 is 1.01 bits per heavy atom. The van der Waals surface area contributed by atoms with Gasteiger partial charge in [0.15, 0.2) is 12.2 Å². The van der Waals surface area contributed by atoms with Gasteiger partial charge in [0.05, 0.1) is 13.2 Å². The molecule has 1 aliphatic carbocycles. The minimum Gasteiger partial charge on any atom is -0.480 e. The summed E-state index contributed by atoms with van der Waals surface area (Å²) in [6.07, 6.45) is -0.322. The van der Waals surface area contributed by atoms with Crippen LogP contribution in [-0.4, -0.2) is 84.5 Å². The number of nitrogens with one attached hydrogen (secondary N) is 1. The van der Waals surface area contributed by atoms with Crippen molar-refractivity contribution in [1.29, 1.82) is 0 Å². The van der Waals surface area contributed by atoms with Crippen molar-refractivity contribution in [2.75, 3.05) is 5.32 Å². The van der Waals surface area contributed by atoms with Crippen LogP contribution in [-0.2, 0) is 46.7 Å². The van der Waals surface area contributed by atoms with Crippen LogP contribution in [0.1, 0.15) is 57.2 Å². The van der Waals surface area contributed by atoms with Gasteiger partial charge in [-0.25, -0.2) is 14.4 Å². The predicted octanol–water partition coefficient (Wildman–Crippen LogP) is 11.1. The van der Waals surface area contributed by atoms with Gasteiger partial charge in [-0.1, -0.05) is 95.0 Å². The number of carbonyl (C=O) groups is 5. The maximum absolute atomic E-state index is 10.8. The van der Waals surface area contributed by atoms with E-state index in [0.29, 0.717) is 40.3 Å². The van der Waals surface area contributed by atoms with Crippen LogP contribution < -0.4 is 10.1 Å². The Balaban J connectivity index is 0.000000288. The number of benzene rings is 5. The van der Waals surface area contributed by atoms with E-state index in [1.54, 1.807) is 86.6 Å². The molecule has 360 valence electrons. The molecule has 0 amide bonds. The number of rotatable bonds is 17. The SMILES string of the molecule is CC(OCc1ccccc1)C(=O)O.CC(Sc1ccc(Cl)cc1)C(=O)O.C[C@H](Nc1ccc(Cl)cc1)C(=O)O.C[C@H](OCc1ccc(Cl)cc1)C(=O)O.Cc1ccc(OC2(C(=O)O)CC2)cc1. The monoisotopic (exact) mass is 1000 g/mol. The second kappa shape index (κ2) is 29.8. The Labute approximate surface area is 408 Å². The van der Waals surface area contributed by atoms with Gasteiger partial charge in [0, 0.05) is 38.5 Å². The summed E-state index contributed by atoms with van der Waals surface area (Å²) < 4.78 is 15.6. The molecule has 1 saturated carbocycles. The van der Waals surface area contributed by atoms with E-state index in [2.05, 4.69) is 5.32 Å². The quantitative estimate of drug-likeness (QED) is 0.0476. The Morgan fingerprint density at radius 1 is 0.582 bits per heavy atom. The molecule has 4 atom stereocenters. The average molecular weight is 1000 g/mol. The number of carboxylic acid groups (broad SMARTS) is 5. The number of ether oxygens (including phenoxy) is 3. The molecule has 1 aliphatic rings. The van der Waals surface area contributed by atoms with E-state index in [9.17, 15) is 24.0 Å². The minimum atomic E-state index is -0.959. The molecular formula is C49H54Cl3NO13S. The molecule has 5 aromatic carbocycles. The van der Waals surface area contributed by atoms with Crippen LogP contribution in [0.3, 0.4) is 0 Å². The van der Waals surface area contributed by atoms with Crippen molar-refractivity contribution in [1.82, 2.24) is 0 Å². The van der Waals surface area contributed by atoms with E-state index in [1.807, 2.05) is 61.5 Å². The summed E-state index contributed by atoms with van der Waals surface area (Å²) >= 11 is 18.3. The summed E-state index contributed by atoms with van der Waals surface area (Å²) in [7, 11) is 0. The Kier molecular flexibility index (Phi) is 25.5. The first-order chi connectivity index (χ1) is 31.6. The number of halogens is 3. The highest BCUT2D eigenvalue weighted by Gasteiger charge is 2.53. The Bertz CT molecular complexity index is 2220. The van der Waals surface area contributed by atoms with Crippen LogP contribution in [0.25, 0.3) is 0 Å². The zero-order valence-corrected chi connectivity index (χ0v) is 40.4. The van der Waals surface area contributed by atoms with E-state index < -0.39 is 58.9 Å². The van der Waals surface area contributed by atoms with Crippen LogP contribution >= 0.6 is 46.6 Å². The number of aliphatic carboxylic acids is 5. The molecule has 6 N–H and O–H groups in total. The second-order valence-electron chi connectivity index (χ2n) is 14.7. The number of hydrogen-bond donors (Lipinski definition) is 6. The molecule has 0 saturated heterocycles. The lowest BCUT2D eigenvalue weighted by molar-refractivity contribution is -0.150. The number of anilines is 1. The zero-order chi connectivity index (χ0) is 50.1. The first-order valence-electron chi connectivity index (χ1n) is 20.5. The van der Waals surface area contributed by atoms with Gasteiger partial charge in [-0.15, -0.1) is 11.8 Å². The van der Waals surface area contributed by atoms with Crippen molar-refractivity contribution in [3.63, 3.8) is 0 Å². The highest BCUT2D eigenvalue weighted by molar-refractivity contribution is 8.00. The number of aryl methyl sites for hydroxylation is 1. The number of thioether (sulfide) groups is 1. The molecule has 18 heteroatoms. The molecule has 2 unspecified atom stereocenters. The van der Waals surface area contributed by atoms with Crippen molar-refractivity contribution in [3.8, 4) is 5.75 Å². The smallest absolute Gasteiger partial charge is 0.348 e. The summed E-state index contributed by atoms with van der Waals surface area (Å²) in [6, 6.07) is 37.4. The van der Waals surface area contributed by atoms with Crippen molar-refractivity contribution >= 4 is 82.1 Å². The van der Waals surface area contributed by atoms with Crippen LogP contribution in [0, 0.1) is 6.92 Å². The third-order valence-electron chi connectivity index (χ3n) is 8.95. The van der Waals surface area contributed by atoms with Crippen molar-refractivity contribution < 1.29 is 63.7 Å². The van der Waals surface area contributed by atoms with Gasteiger partial charge >= 0.3 is 29.8 Å².